The molecular formula is C17H26ClN. The zero-order chi connectivity index (χ0) is 13.9. The Balaban J connectivity index is 1.89. The van der Waals surface area contributed by atoms with Crippen molar-refractivity contribution >= 4 is 17.3 Å². The third-order valence-corrected chi connectivity index (χ3v) is 5.31. The summed E-state index contributed by atoms with van der Waals surface area (Å²) in [6.45, 7) is 7.15. The maximum Gasteiger partial charge on any atom is 0.0637 e. The molecule has 0 spiro atoms. The lowest BCUT2D eigenvalue weighted by atomic mass is 9.69. The third kappa shape index (κ3) is 3.66. The van der Waals surface area contributed by atoms with Crippen LogP contribution in [0, 0.1) is 11.3 Å². The Labute approximate surface area is 122 Å². The van der Waals surface area contributed by atoms with Gasteiger partial charge in [0.25, 0.3) is 0 Å². The number of anilines is 1. The summed E-state index contributed by atoms with van der Waals surface area (Å²) in [7, 11) is 0. The van der Waals surface area contributed by atoms with Crippen LogP contribution in [0.15, 0.2) is 24.3 Å². The summed E-state index contributed by atoms with van der Waals surface area (Å²) in [5.74, 6) is 0.877. The predicted octanol–water partition coefficient (Wildman–Crippen LogP) is 5.75. The van der Waals surface area contributed by atoms with Crippen molar-refractivity contribution in [1.82, 2.24) is 0 Å². The van der Waals surface area contributed by atoms with Gasteiger partial charge in [-0.3, -0.25) is 0 Å². The molecule has 1 fully saturated rings. The molecule has 0 aliphatic heterocycles. The van der Waals surface area contributed by atoms with E-state index in [1.807, 2.05) is 18.2 Å². The standard InChI is InChI=1S/C17H26ClN/c1-4-17(2,3)13-9-11-14(12-10-13)19-16-8-6-5-7-15(16)18/h5-8,13-14,19H,4,9-12H2,1-3H3. The highest BCUT2D eigenvalue weighted by Gasteiger charge is 2.31. The van der Waals surface area contributed by atoms with E-state index in [2.05, 4.69) is 32.2 Å². The van der Waals surface area contributed by atoms with Gasteiger partial charge in [-0.25, -0.2) is 0 Å². The van der Waals surface area contributed by atoms with Gasteiger partial charge in [0.1, 0.15) is 0 Å². The van der Waals surface area contributed by atoms with Crippen LogP contribution in [0.25, 0.3) is 0 Å². The summed E-state index contributed by atoms with van der Waals surface area (Å²) in [6, 6.07) is 8.64. The minimum absolute atomic E-state index is 0.495. The van der Waals surface area contributed by atoms with Gasteiger partial charge < -0.3 is 5.32 Å². The number of hydrogen-bond acceptors (Lipinski definition) is 1. The molecule has 1 aliphatic rings. The zero-order valence-electron chi connectivity index (χ0n) is 12.4. The number of halogens is 1. The Hall–Kier alpha value is -0.690. The normalized spacial score (nSPS) is 24.2. The number of rotatable bonds is 4. The molecule has 19 heavy (non-hydrogen) atoms. The quantitative estimate of drug-likeness (QED) is 0.740. The van der Waals surface area contributed by atoms with Crippen LogP contribution in [0.4, 0.5) is 5.69 Å². The summed E-state index contributed by atoms with van der Waals surface area (Å²) >= 11 is 6.20. The van der Waals surface area contributed by atoms with Gasteiger partial charge in [-0.1, -0.05) is 50.9 Å². The van der Waals surface area contributed by atoms with Crippen molar-refractivity contribution in [3.8, 4) is 0 Å². The third-order valence-electron chi connectivity index (χ3n) is 4.98. The van der Waals surface area contributed by atoms with Crippen molar-refractivity contribution in [3.05, 3.63) is 29.3 Å². The van der Waals surface area contributed by atoms with Crippen molar-refractivity contribution < 1.29 is 0 Å². The maximum absolute atomic E-state index is 6.20. The molecule has 2 rings (SSSR count). The summed E-state index contributed by atoms with van der Waals surface area (Å²) in [4.78, 5) is 0. The van der Waals surface area contributed by atoms with E-state index in [1.165, 1.54) is 32.1 Å². The molecule has 1 aliphatic carbocycles. The van der Waals surface area contributed by atoms with Crippen LogP contribution in [-0.4, -0.2) is 6.04 Å². The molecule has 0 unspecified atom stereocenters. The summed E-state index contributed by atoms with van der Waals surface area (Å²) < 4.78 is 0. The summed E-state index contributed by atoms with van der Waals surface area (Å²) in [6.07, 6.45) is 6.48. The van der Waals surface area contributed by atoms with Crippen molar-refractivity contribution in [2.24, 2.45) is 11.3 Å². The number of nitrogens with one attached hydrogen (secondary N) is 1. The van der Waals surface area contributed by atoms with Crippen LogP contribution in [0.5, 0.6) is 0 Å². The van der Waals surface area contributed by atoms with E-state index in [0.717, 1.165) is 16.6 Å². The first-order chi connectivity index (χ1) is 9.03. The van der Waals surface area contributed by atoms with Crippen molar-refractivity contribution in [1.29, 1.82) is 0 Å². The van der Waals surface area contributed by atoms with E-state index in [4.69, 9.17) is 11.6 Å². The lowest BCUT2D eigenvalue weighted by molar-refractivity contribution is 0.147. The largest absolute Gasteiger partial charge is 0.381 e. The minimum atomic E-state index is 0.495. The average Bonchev–Trinajstić information content (AvgIpc) is 2.42. The van der Waals surface area contributed by atoms with Crippen molar-refractivity contribution in [3.63, 3.8) is 0 Å². The number of hydrogen-bond donors (Lipinski definition) is 1. The second-order valence-corrected chi connectivity index (χ2v) is 6.92. The van der Waals surface area contributed by atoms with E-state index >= 15 is 0 Å². The summed E-state index contributed by atoms with van der Waals surface area (Å²) in [5, 5.41) is 4.44. The molecule has 0 bridgehead atoms. The molecule has 0 aromatic heterocycles. The first-order valence-electron chi connectivity index (χ1n) is 7.54. The van der Waals surface area contributed by atoms with Crippen LogP contribution < -0.4 is 5.32 Å². The highest BCUT2D eigenvalue weighted by Crippen LogP contribution is 2.41. The lowest BCUT2D eigenvalue weighted by Crippen LogP contribution is -2.32. The topological polar surface area (TPSA) is 12.0 Å². The van der Waals surface area contributed by atoms with Gasteiger partial charge >= 0.3 is 0 Å². The molecule has 1 saturated carbocycles. The highest BCUT2D eigenvalue weighted by molar-refractivity contribution is 6.33. The van der Waals surface area contributed by atoms with Gasteiger partial charge in [-0.2, -0.15) is 0 Å². The second kappa shape index (κ2) is 6.17. The fourth-order valence-electron chi connectivity index (χ4n) is 3.11. The van der Waals surface area contributed by atoms with E-state index < -0.39 is 0 Å². The highest BCUT2D eigenvalue weighted by atomic mass is 35.5. The molecule has 1 aromatic rings. The van der Waals surface area contributed by atoms with Gasteiger partial charge in [0, 0.05) is 6.04 Å². The van der Waals surface area contributed by atoms with Crippen LogP contribution in [0.3, 0.4) is 0 Å². The zero-order valence-corrected chi connectivity index (χ0v) is 13.1. The van der Waals surface area contributed by atoms with Crippen LogP contribution in [0.2, 0.25) is 5.02 Å². The van der Waals surface area contributed by atoms with Gasteiger partial charge in [0.2, 0.25) is 0 Å². The van der Waals surface area contributed by atoms with Crippen LogP contribution in [-0.2, 0) is 0 Å². The lowest BCUT2D eigenvalue weighted by Gasteiger charge is -2.39. The van der Waals surface area contributed by atoms with E-state index in [9.17, 15) is 0 Å². The van der Waals surface area contributed by atoms with Crippen molar-refractivity contribution in [2.45, 2.75) is 58.9 Å². The smallest absolute Gasteiger partial charge is 0.0637 e. The van der Waals surface area contributed by atoms with E-state index in [1.54, 1.807) is 0 Å². The summed E-state index contributed by atoms with van der Waals surface area (Å²) in [5.41, 5.74) is 1.58. The van der Waals surface area contributed by atoms with Crippen molar-refractivity contribution in [2.75, 3.05) is 5.32 Å². The molecule has 1 N–H and O–H groups in total. The molecule has 106 valence electrons. The average molecular weight is 280 g/mol. The SMILES string of the molecule is CCC(C)(C)C1CCC(Nc2ccccc2Cl)CC1. The second-order valence-electron chi connectivity index (χ2n) is 6.51. The predicted molar refractivity (Wildman–Crippen MR) is 84.9 cm³/mol. The fourth-order valence-corrected chi connectivity index (χ4v) is 3.30. The number of benzene rings is 1. The molecule has 1 nitrogen and oxygen atoms in total. The fraction of sp³-hybridized carbons (Fsp3) is 0.647. The number of para-hydroxylation sites is 1. The Morgan fingerprint density at radius 3 is 2.37 bits per heavy atom. The molecule has 0 amide bonds. The van der Waals surface area contributed by atoms with Gasteiger partial charge in [-0.15, -0.1) is 0 Å². The molecular weight excluding hydrogens is 254 g/mol. The van der Waals surface area contributed by atoms with E-state index in [0.29, 0.717) is 11.5 Å². The van der Waals surface area contributed by atoms with E-state index in [-0.39, 0.29) is 0 Å². The Morgan fingerprint density at radius 1 is 1.16 bits per heavy atom. The molecule has 0 atom stereocenters. The molecule has 0 saturated heterocycles. The Kier molecular flexibility index (Phi) is 4.78. The van der Waals surface area contributed by atoms with Gasteiger partial charge in [0.05, 0.1) is 10.7 Å². The maximum atomic E-state index is 6.20. The molecule has 2 heteroatoms. The Morgan fingerprint density at radius 2 is 1.79 bits per heavy atom. The first-order valence-corrected chi connectivity index (χ1v) is 7.92. The molecule has 1 aromatic carbocycles. The monoisotopic (exact) mass is 279 g/mol. The van der Waals surface area contributed by atoms with Crippen LogP contribution >= 0.6 is 11.6 Å². The van der Waals surface area contributed by atoms with Gasteiger partial charge in [-0.05, 0) is 49.1 Å². The van der Waals surface area contributed by atoms with Crippen LogP contribution in [0.1, 0.15) is 52.9 Å². The minimum Gasteiger partial charge on any atom is -0.381 e. The molecule has 0 radical (unpaired) electrons. The Bertz CT molecular complexity index is 405. The molecule has 0 heterocycles. The first kappa shape index (κ1) is 14.7. The van der Waals surface area contributed by atoms with Gasteiger partial charge in [0.15, 0.2) is 0 Å².